The lowest BCUT2D eigenvalue weighted by atomic mass is 9.93. The van der Waals surface area contributed by atoms with E-state index in [-0.39, 0.29) is 5.91 Å². The number of piperidine rings is 1. The summed E-state index contributed by atoms with van der Waals surface area (Å²) in [6.07, 6.45) is 4.31. The Hall–Kier alpha value is -2.12. The summed E-state index contributed by atoms with van der Waals surface area (Å²) in [7, 11) is 1.70. The molecule has 2 heterocycles. The molecule has 140 valence electrons. The van der Waals surface area contributed by atoms with Gasteiger partial charge in [-0.15, -0.1) is 0 Å². The molecule has 2 N–H and O–H groups in total. The summed E-state index contributed by atoms with van der Waals surface area (Å²) in [6, 6.07) is 0. The number of guanidine groups is 1. The quantitative estimate of drug-likeness (QED) is 0.435. The Labute approximate surface area is 149 Å². The molecule has 1 aliphatic heterocycles. The van der Waals surface area contributed by atoms with Gasteiger partial charge in [-0.2, -0.15) is 4.98 Å². The fraction of sp³-hybridized carbons (Fsp3) is 0.765. The molecule has 0 bridgehead atoms. The third-order valence-electron chi connectivity index (χ3n) is 4.38. The number of carbonyl (C=O) groups is 1. The third kappa shape index (κ3) is 6.36. The third-order valence-corrected chi connectivity index (χ3v) is 4.38. The van der Waals surface area contributed by atoms with E-state index >= 15 is 0 Å². The Bertz CT molecular complexity index is 563. The van der Waals surface area contributed by atoms with Gasteiger partial charge in [-0.1, -0.05) is 5.16 Å². The highest BCUT2D eigenvalue weighted by molar-refractivity contribution is 5.80. The van der Waals surface area contributed by atoms with Gasteiger partial charge in [-0.05, 0) is 39.0 Å². The van der Waals surface area contributed by atoms with Gasteiger partial charge in [0.15, 0.2) is 11.8 Å². The maximum absolute atomic E-state index is 11.5. The average molecular weight is 350 g/mol. The number of hydrogen-bond acceptors (Lipinski definition) is 5. The van der Waals surface area contributed by atoms with Gasteiger partial charge in [0.05, 0.1) is 0 Å². The van der Waals surface area contributed by atoms with E-state index in [9.17, 15) is 4.79 Å². The minimum absolute atomic E-state index is 0.135. The van der Waals surface area contributed by atoms with Crippen LogP contribution >= 0.6 is 0 Å². The molecule has 0 aromatic carbocycles. The van der Waals surface area contributed by atoms with Crippen LogP contribution in [-0.2, 0) is 11.2 Å². The lowest BCUT2D eigenvalue weighted by molar-refractivity contribution is -0.121. The number of nitrogens with one attached hydrogen (secondary N) is 2. The Morgan fingerprint density at radius 3 is 2.76 bits per heavy atom. The van der Waals surface area contributed by atoms with Crippen LogP contribution in [0.1, 0.15) is 44.3 Å². The van der Waals surface area contributed by atoms with Gasteiger partial charge in [0.1, 0.15) is 0 Å². The normalized spacial score (nSPS) is 16.1. The van der Waals surface area contributed by atoms with Crippen LogP contribution in [0.15, 0.2) is 9.52 Å². The standard InChI is InChI=1S/C17H30N6O2/c1-4-19-17(20-9-5-6-16-21-13(2)22-25-16)23-10-7-14(8-11-23)12-15(24)18-3/h14H,4-12H2,1-3H3,(H,18,24)(H,19,20). The molecule has 1 amide bonds. The summed E-state index contributed by atoms with van der Waals surface area (Å²) < 4.78 is 5.12. The first-order chi connectivity index (χ1) is 12.1. The fourth-order valence-electron chi connectivity index (χ4n) is 3.00. The van der Waals surface area contributed by atoms with E-state index in [1.807, 2.05) is 6.92 Å². The van der Waals surface area contributed by atoms with Crippen molar-refractivity contribution in [3.63, 3.8) is 0 Å². The molecule has 0 aliphatic carbocycles. The predicted octanol–water partition coefficient (Wildman–Crippen LogP) is 1.12. The van der Waals surface area contributed by atoms with E-state index in [2.05, 4.69) is 32.6 Å². The molecule has 0 atom stereocenters. The van der Waals surface area contributed by atoms with Crippen molar-refractivity contribution >= 4 is 11.9 Å². The highest BCUT2D eigenvalue weighted by atomic mass is 16.5. The molecule has 1 aromatic heterocycles. The Kier molecular flexibility index (Phi) is 7.69. The van der Waals surface area contributed by atoms with Gasteiger partial charge < -0.3 is 20.1 Å². The topological polar surface area (TPSA) is 95.7 Å². The van der Waals surface area contributed by atoms with Gasteiger partial charge in [0, 0.05) is 46.1 Å². The summed E-state index contributed by atoms with van der Waals surface area (Å²) in [5.41, 5.74) is 0. The second kappa shape index (κ2) is 10.0. The highest BCUT2D eigenvalue weighted by Gasteiger charge is 2.22. The van der Waals surface area contributed by atoms with Crippen LogP contribution in [0, 0.1) is 12.8 Å². The number of carbonyl (C=O) groups excluding carboxylic acids is 1. The smallest absolute Gasteiger partial charge is 0.226 e. The maximum Gasteiger partial charge on any atom is 0.226 e. The SMILES string of the molecule is CCNC(=NCCCc1nc(C)no1)N1CCC(CC(=O)NC)CC1. The number of nitrogens with zero attached hydrogens (tertiary/aromatic N) is 4. The molecule has 1 aromatic rings. The number of aromatic nitrogens is 2. The summed E-state index contributed by atoms with van der Waals surface area (Å²) in [4.78, 5) is 22.7. The van der Waals surface area contributed by atoms with E-state index < -0.39 is 0 Å². The van der Waals surface area contributed by atoms with Crippen LogP contribution in [0.25, 0.3) is 0 Å². The number of aliphatic imine (C=N–C) groups is 1. The van der Waals surface area contributed by atoms with E-state index in [0.717, 1.165) is 57.8 Å². The Morgan fingerprint density at radius 1 is 1.40 bits per heavy atom. The van der Waals surface area contributed by atoms with Gasteiger partial charge in [-0.25, -0.2) is 0 Å². The molecular weight excluding hydrogens is 320 g/mol. The predicted molar refractivity (Wildman–Crippen MR) is 96.3 cm³/mol. The molecule has 0 unspecified atom stereocenters. The molecule has 1 aliphatic rings. The first-order valence-electron chi connectivity index (χ1n) is 9.15. The zero-order chi connectivity index (χ0) is 18.1. The largest absolute Gasteiger partial charge is 0.359 e. The minimum atomic E-state index is 0.135. The van der Waals surface area contributed by atoms with Crippen LogP contribution in [0.2, 0.25) is 0 Å². The van der Waals surface area contributed by atoms with Crippen LogP contribution in [0.4, 0.5) is 0 Å². The van der Waals surface area contributed by atoms with Crippen molar-refractivity contribution in [1.82, 2.24) is 25.7 Å². The summed E-state index contributed by atoms with van der Waals surface area (Å²) in [5.74, 6) is 2.91. The lowest BCUT2D eigenvalue weighted by Gasteiger charge is -2.34. The maximum atomic E-state index is 11.5. The number of hydrogen-bond donors (Lipinski definition) is 2. The van der Waals surface area contributed by atoms with Gasteiger partial charge in [-0.3, -0.25) is 9.79 Å². The molecular formula is C17H30N6O2. The zero-order valence-corrected chi connectivity index (χ0v) is 15.5. The van der Waals surface area contributed by atoms with Crippen LogP contribution in [0.3, 0.4) is 0 Å². The molecule has 2 rings (SSSR count). The molecule has 1 saturated heterocycles. The minimum Gasteiger partial charge on any atom is -0.359 e. The van der Waals surface area contributed by atoms with E-state index in [0.29, 0.717) is 24.1 Å². The molecule has 8 nitrogen and oxygen atoms in total. The Balaban J connectivity index is 1.78. The first kappa shape index (κ1) is 19.2. The van der Waals surface area contributed by atoms with Crippen molar-refractivity contribution < 1.29 is 9.32 Å². The monoisotopic (exact) mass is 350 g/mol. The van der Waals surface area contributed by atoms with Gasteiger partial charge in [0.2, 0.25) is 11.8 Å². The molecule has 1 fully saturated rings. The van der Waals surface area contributed by atoms with E-state index in [4.69, 9.17) is 9.52 Å². The lowest BCUT2D eigenvalue weighted by Crippen LogP contribution is -2.46. The van der Waals surface area contributed by atoms with Gasteiger partial charge in [0.25, 0.3) is 0 Å². The summed E-state index contributed by atoms with van der Waals surface area (Å²) in [6.45, 7) is 7.35. The fourth-order valence-corrected chi connectivity index (χ4v) is 3.00. The second-order valence-electron chi connectivity index (χ2n) is 6.38. The van der Waals surface area contributed by atoms with E-state index in [1.54, 1.807) is 7.05 Å². The highest BCUT2D eigenvalue weighted by Crippen LogP contribution is 2.20. The van der Waals surface area contributed by atoms with Crippen LogP contribution in [-0.4, -0.2) is 60.1 Å². The molecule has 25 heavy (non-hydrogen) atoms. The number of likely N-dealkylation sites (tertiary alicyclic amines) is 1. The van der Waals surface area contributed by atoms with Crippen molar-refractivity contribution in [3.05, 3.63) is 11.7 Å². The summed E-state index contributed by atoms with van der Waals surface area (Å²) >= 11 is 0. The number of aryl methyl sites for hydroxylation is 2. The molecule has 8 heteroatoms. The molecule has 0 radical (unpaired) electrons. The van der Waals surface area contributed by atoms with Gasteiger partial charge >= 0.3 is 0 Å². The number of rotatable bonds is 7. The van der Waals surface area contributed by atoms with Crippen molar-refractivity contribution in [2.24, 2.45) is 10.9 Å². The Morgan fingerprint density at radius 2 is 2.16 bits per heavy atom. The number of amides is 1. The first-order valence-corrected chi connectivity index (χ1v) is 9.15. The summed E-state index contributed by atoms with van der Waals surface area (Å²) in [5, 5.41) is 9.87. The van der Waals surface area contributed by atoms with Crippen LogP contribution < -0.4 is 10.6 Å². The van der Waals surface area contributed by atoms with Crippen molar-refractivity contribution in [2.45, 2.75) is 46.0 Å². The zero-order valence-electron chi connectivity index (χ0n) is 15.5. The second-order valence-corrected chi connectivity index (χ2v) is 6.38. The average Bonchev–Trinajstić information content (AvgIpc) is 3.03. The van der Waals surface area contributed by atoms with E-state index in [1.165, 1.54) is 0 Å². The van der Waals surface area contributed by atoms with Crippen molar-refractivity contribution in [2.75, 3.05) is 33.2 Å². The van der Waals surface area contributed by atoms with Crippen molar-refractivity contribution in [3.8, 4) is 0 Å². The van der Waals surface area contributed by atoms with Crippen molar-refractivity contribution in [1.29, 1.82) is 0 Å². The molecule has 0 saturated carbocycles. The van der Waals surface area contributed by atoms with Crippen LogP contribution in [0.5, 0.6) is 0 Å². The molecule has 0 spiro atoms.